The van der Waals surface area contributed by atoms with E-state index in [1.54, 1.807) is 6.07 Å². The highest BCUT2D eigenvalue weighted by atomic mass is 79.9. The quantitative estimate of drug-likeness (QED) is 0.444. The van der Waals surface area contributed by atoms with E-state index in [0.29, 0.717) is 16.0 Å². The van der Waals surface area contributed by atoms with Crippen molar-refractivity contribution >= 4 is 28.0 Å². The SMILES string of the molecule is CCCN(C)C=Nc1cc(C)c(Oc2cc(F)cc(Br)c2)cc1C. The van der Waals surface area contributed by atoms with Crippen LogP contribution < -0.4 is 4.74 Å². The maximum atomic E-state index is 13.5. The van der Waals surface area contributed by atoms with Crippen molar-refractivity contribution in [1.82, 2.24) is 4.90 Å². The Morgan fingerprint density at radius 2 is 1.92 bits per heavy atom. The molecular weight excluding hydrogens is 371 g/mol. The summed E-state index contributed by atoms with van der Waals surface area (Å²) >= 11 is 3.27. The molecule has 0 N–H and O–H groups in total. The minimum atomic E-state index is -0.339. The predicted octanol–water partition coefficient (Wildman–Crippen LogP) is 6.00. The third-order valence-electron chi connectivity index (χ3n) is 3.53. The molecule has 0 aliphatic heterocycles. The van der Waals surface area contributed by atoms with Gasteiger partial charge in [0, 0.05) is 24.1 Å². The number of rotatable bonds is 6. The van der Waals surface area contributed by atoms with Gasteiger partial charge in [0.25, 0.3) is 0 Å². The van der Waals surface area contributed by atoms with Gasteiger partial charge in [-0.05, 0) is 55.7 Å². The van der Waals surface area contributed by atoms with E-state index >= 15 is 0 Å². The molecule has 2 aromatic carbocycles. The van der Waals surface area contributed by atoms with Crippen molar-refractivity contribution in [2.45, 2.75) is 27.2 Å². The largest absolute Gasteiger partial charge is 0.457 e. The standard InChI is InChI=1S/C19H22BrFN2O/c1-5-6-23(4)12-22-18-7-14(3)19(8-13(18)2)24-17-10-15(20)9-16(21)11-17/h7-12H,5-6H2,1-4H3. The number of benzene rings is 2. The molecule has 0 heterocycles. The average molecular weight is 393 g/mol. The molecular formula is C19H22BrFN2O. The molecule has 3 nitrogen and oxygen atoms in total. The van der Waals surface area contributed by atoms with Crippen molar-refractivity contribution in [3.8, 4) is 11.5 Å². The Labute approximate surface area is 151 Å². The summed E-state index contributed by atoms with van der Waals surface area (Å²) in [5, 5.41) is 0. The van der Waals surface area contributed by atoms with E-state index in [2.05, 4.69) is 32.7 Å². The summed E-state index contributed by atoms with van der Waals surface area (Å²) in [4.78, 5) is 6.60. The second-order valence-electron chi connectivity index (χ2n) is 5.84. The van der Waals surface area contributed by atoms with Crippen LogP contribution in [0.15, 0.2) is 39.8 Å². The lowest BCUT2D eigenvalue weighted by molar-refractivity contribution is 0.472. The zero-order chi connectivity index (χ0) is 17.7. The van der Waals surface area contributed by atoms with E-state index in [1.165, 1.54) is 12.1 Å². The normalized spacial score (nSPS) is 11.1. The second-order valence-corrected chi connectivity index (χ2v) is 6.75. The van der Waals surface area contributed by atoms with Gasteiger partial charge in [0.05, 0.1) is 12.0 Å². The lowest BCUT2D eigenvalue weighted by Crippen LogP contribution is -2.16. The van der Waals surface area contributed by atoms with Crippen LogP contribution in [0.1, 0.15) is 24.5 Å². The van der Waals surface area contributed by atoms with Crippen LogP contribution in [-0.4, -0.2) is 24.8 Å². The summed E-state index contributed by atoms with van der Waals surface area (Å²) in [7, 11) is 2.01. The van der Waals surface area contributed by atoms with Crippen molar-refractivity contribution in [2.75, 3.05) is 13.6 Å². The van der Waals surface area contributed by atoms with Crippen LogP contribution in [0.4, 0.5) is 10.1 Å². The van der Waals surface area contributed by atoms with Gasteiger partial charge >= 0.3 is 0 Å². The second kappa shape index (κ2) is 8.29. The summed E-state index contributed by atoms with van der Waals surface area (Å²) in [6, 6.07) is 8.42. The molecule has 0 aliphatic carbocycles. The van der Waals surface area contributed by atoms with Gasteiger partial charge in [-0.25, -0.2) is 9.38 Å². The number of aryl methyl sites for hydroxylation is 2. The molecule has 0 unspecified atom stereocenters. The summed E-state index contributed by atoms with van der Waals surface area (Å²) in [6.45, 7) is 7.05. The first-order valence-corrected chi connectivity index (χ1v) is 8.68. The Morgan fingerprint density at radius 3 is 2.58 bits per heavy atom. The van der Waals surface area contributed by atoms with Crippen LogP contribution in [-0.2, 0) is 0 Å². The fraction of sp³-hybridized carbons (Fsp3) is 0.316. The number of hydrogen-bond donors (Lipinski definition) is 0. The van der Waals surface area contributed by atoms with E-state index in [1.807, 2.05) is 39.4 Å². The molecule has 2 aromatic rings. The fourth-order valence-electron chi connectivity index (χ4n) is 2.31. The van der Waals surface area contributed by atoms with Gasteiger partial charge in [-0.15, -0.1) is 0 Å². The molecule has 0 fully saturated rings. The summed E-state index contributed by atoms with van der Waals surface area (Å²) < 4.78 is 20.0. The van der Waals surface area contributed by atoms with Gasteiger partial charge in [-0.1, -0.05) is 22.9 Å². The molecule has 128 valence electrons. The fourth-order valence-corrected chi connectivity index (χ4v) is 2.75. The third-order valence-corrected chi connectivity index (χ3v) is 3.99. The lowest BCUT2D eigenvalue weighted by Gasteiger charge is -2.13. The summed E-state index contributed by atoms with van der Waals surface area (Å²) in [6.07, 6.45) is 2.92. The number of nitrogens with zero attached hydrogens (tertiary/aromatic N) is 2. The zero-order valence-electron chi connectivity index (χ0n) is 14.4. The van der Waals surface area contributed by atoms with Crippen LogP contribution in [0.5, 0.6) is 11.5 Å². The van der Waals surface area contributed by atoms with Crippen molar-refractivity contribution < 1.29 is 9.13 Å². The molecule has 0 saturated carbocycles. The van der Waals surface area contributed by atoms with Crippen LogP contribution in [0, 0.1) is 19.7 Å². The highest BCUT2D eigenvalue weighted by Crippen LogP contribution is 2.32. The lowest BCUT2D eigenvalue weighted by atomic mass is 10.1. The number of hydrogen-bond acceptors (Lipinski definition) is 2. The van der Waals surface area contributed by atoms with Gasteiger partial charge < -0.3 is 9.64 Å². The monoisotopic (exact) mass is 392 g/mol. The number of ether oxygens (including phenoxy) is 1. The van der Waals surface area contributed by atoms with Crippen LogP contribution in [0.3, 0.4) is 0 Å². The van der Waals surface area contributed by atoms with E-state index in [-0.39, 0.29) is 5.82 Å². The van der Waals surface area contributed by atoms with Gasteiger partial charge in [0.1, 0.15) is 17.3 Å². The van der Waals surface area contributed by atoms with E-state index < -0.39 is 0 Å². The first kappa shape index (κ1) is 18.5. The van der Waals surface area contributed by atoms with Crippen LogP contribution in [0.2, 0.25) is 0 Å². The van der Waals surface area contributed by atoms with Gasteiger partial charge in [-0.2, -0.15) is 0 Å². The van der Waals surface area contributed by atoms with E-state index in [0.717, 1.165) is 29.8 Å². The molecule has 0 atom stereocenters. The van der Waals surface area contributed by atoms with Crippen LogP contribution in [0.25, 0.3) is 0 Å². The molecule has 0 aliphatic rings. The minimum absolute atomic E-state index is 0.339. The molecule has 0 spiro atoms. The van der Waals surface area contributed by atoms with E-state index in [9.17, 15) is 4.39 Å². The third kappa shape index (κ3) is 5.06. The van der Waals surface area contributed by atoms with Gasteiger partial charge in [-0.3, -0.25) is 0 Å². The highest BCUT2D eigenvalue weighted by molar-refractivity contribution is 9.10. The Bertz CT molecular complexity index is 726. The number of aliphatic imine (C=N–C) groups is 1. The van der Waals surface area contributed by atoms with Crippen molar-refractivity contribution in [2.24, 2.45) is 4.99 Å². The summed E-state index contributed by atoms with van der Waals surface area (Å²) in [5.74, 6) is 0.822. The Hall–Kier alpha value is -1.88. The molecule has 0 saturated heterocycles. The Kier molecular flexibility index (Phi) is 6.37. The minimum Gasteiger partial charge on any atom is -0.457 e. The summed E-state index contributed by atoms with van der Waals surface area (Å²) in [5.41, 5.74) is 2.86. The predicted molar refractivity (Wildman–Crippen MR) is 101 cm³/mol. The maximum absolute atomic E-state index is 13.5. The van der Waals surface area contributed by atoms with Gasteiger partial charge in [0.15, 0.2) is 0 Å². The first-order chi connectivity index (χ1) is 11.4. The maximum Gasteiger partial charge on any atom is 0.131 e. The smallest absolute Gasteiger partial charge is 0.131 e. The topological polar surface area (TPSA) is 24.8 Å². The van der Waals surface area contributed by atoms with E-state index in [4.69, 9.17) is 4.74 Å². The Balaban J connectivity index is 2.23. The average Bonchev–Trinajstić information content (AvgIpc) is 2.48. The molecule has 0 radical (unpaired) electrons. The molecule has 2 rings (SSSR count). The van der Waals surface area contributed by atoms with Gasteiger partial charge in [0.2, 0.25) is 0 Å². The zero-order valence-corrected chi connectivity index (χ0v) is 16.0. The Morgan fingerprint density at radius 1 is 1.17 bits per heavy atom. The molecule has 24 heavy (non-hydrogen) atoms. The molecule has 5 heteroatoms. The first-order valence-electron chi connectivity index (χ1n) is 7.88. The molecule has 0 amide bonds. The highest BCUT2D eigenvalue weighted by Gasteiger charge is 2.08. The molecule has 0 aromatic heterocycles. The number of halogens is 2. The van der Waals surface area contributed by atoms with Crippen molar-refractivity contribution in [3.63, 3.8) is 0 Å². The van der Waals surface area contributed by atoms with Crippen molar-refractivity contribution in [1.29, 1.82) is 0 Å². The van der Waals surface area contributed by atoms with Crippen LogP contribution >= 0.6 is 15.9 Å². The van der Waals surface area contributed by atoms with Crippen molar-refractivity contribution in [3.05, 3.63) is 51.7 Å². The molecule has 0 bridgehead atoms.